The maximum Gasteiger partial charge on any atom is 0.274 e. The molecule has 184 valence electrons. The number of aromatic amines is 1. The fraction of sp³-hybridized carbons (Fsp3) is 0.143. The van der Waals surface area contributed by atoms with Crippen molar-refractivity contribution in [3.8, 4) is 5.88 Å². The molecular weight excluding hydrogens is 454 g/mol. The van der Waals surface area contributed by atoms with Gasteiger partial charge in [-0.25, -0.2) is 0 Å². The van der Waals surface area contributed by atoms with Crippen molar-refractivity contribution in [2.75, 3.05) is 29.2 Å². The molecule has 4 rings (SSSR count). The van der Waals surface area contributed by atoms with E-state index < -0.39 is 0 Å². The van der Waals surface area contributed by atoms with Crippen LogP contribution in [0.5, 0.6) is 5.88 Å². The van der Waals surface area contributed by atoms with Gasteiger partial charge in [-0.15, -0.1) is 0 Å². The van der Waals surface area contributed by atoms with E-state index in [2.05, 4.69) is 10.3 Å². The van der Waals surface area contributed by atoms with Gasteiger partial charge in [0.2, 0.25) is 6.41 Å². The normalized spacial score (nSPS) is 10.5. The molecule has 8 nitrogen and oxygen atoms in total. The average molecular weight is 484 g/mol. The number of nitrogens with zero attached hydrogens (tertiary/aromatic N) is 2. The minimum Gasteiger partial charge on any atom is -0.474 e. The number of amides is 1. The van der Waals surface area contributed by atoms with Crippen LogP contribution in [0.1, 0.15) is 11.1 Å². The number of rotatable bonds is 10. The third kappa shape index (κ3) is 5.73. The van der Waals surface area contributed by atoms with Gasteiger partial charge in [-0.05, 0) is 47.5 Å². The van der Waals surface area contributed by atoms with Crippen LogP contribution in [0.25, 0.3) is 0 Å². The van der Waals surface area contributed by atoms with Gasteiger partial charge in [0.25, 0.3) is 5.56 Å². The molecule has 36 heavy (non-hydrogen) atoms. The zero-order chi connectivity index (χ0) is 25.5. The van der Waals surface area contributed by atoms with E-state index in [-0.39, 0.29) is 5.56 Å². The molecule has 0 aliphatic rings. The number of anilines is 5. The molecule has 0 radical (unpaired) electrons. The second kappa shape index (κ2) is 11.2. The van der Waals surface area contributed by atoms with Crippen LogP contribution in [-0.4, -0.2) is 25.5 Å². The molecule has 0 saturated heterocycles. The summed E-state index contributed by atoms with van der Waals surface area (Å²) in [6, 6.07) is 26.6. The van der Waals surface area contributed by atoms with Gasteiger partial charge in [0, 0.05) is 38.1 Å². The molecule has 0 aliphatic heterocycles. The molecule has 0 fully saturated rings. The second-order valence-corrected chi connectivity index (χ2v) is 8.32. The second-order valence-electron chi connectivity index (χ2n) is 8.32. The fourth-order valence-electron chi connectivity index (χ4n) is 3.78. The monoisotopic (exact) mass is 483 g/mol. The lowest BCUT2D eigenvalue weighted by Gasteiger charge is -2.25. The maximum atomic E-state index is 12.9. The van der Waals surface area contributed by atoms with Crippen molar-refractivity contribution in [3.63, 3.8) is 0 Å². The molecule has 4 aromatic rings. The van der Waals surface area contributed by atoms with Gasteiger partial charge in [-0.2, -0.15) is 0 Å². The Hall–Kier alpha value is -4.56. The van der Waals surface area contributed by atoms with Gasteiger partial charge in [0.1, 0.15) is 12.3 Å². The summed E-state index contributed by atoms with van der Waals surface area (Å²) < 4.78 is 5.74. The molecule has 4 N–H and O–H groups in total. The average Bonchev–Trinajstić information content (AvgIpc) is 2.92. The highest BCUT2D eigenvalue weighted by molar-refractivity contribution is 5.88. The number of H-pyrrole nitrogens is 1. The van der Waals surface area contributed by atoms with Crippen molar-refractivity contribution < 1.29 is 9.53 Å². The summed E-state index contributed by atoms with van der Waals surface area (Å²) in [5.41, 5.74) is 10.9. The molecule has 0 spiro atoms. The van der Waals surface area contributed by atoms with E-state index in [1.54, 1.807) is 31.1 Å². The standard InChI is InChI=1S/C28H29N5O3/c1-32(19-34)26-16-23(30-22-10-8-20(17-29)9-11-22)12-13-24(26)33(2)25-14-15-27(31-28(25)35)36-18-21-6-4-3-5-7-21/h3-16,19,30H,17-18,29H2,1-2H3,(H,31,35). The van der Waals surface area contributed by atoms with Crippen LogP contribution in [0.15, 0.2) is 89.7 Å². The number of carbonyl (C=O) groups is 1. The van der Waals surface area contributed by atoms with Crippen molar-refractivity contribution in [1.29, 1.82) is 0 Å². The van der Waals surface area contributed by atoms with Gasteiger partial charge in [0.15, 0.2) is 5.88 Å². The predicted octanol–water partition coefficient (Wildman–Crippen LogP) is 4.52. The quantitative estimate of drug-likeness (QED) is 0.287. The predicted molar refractivity (Wildman–Crippen MR) is 144 cm³/mol. The lowest BCUT2D eigenvalue weighted by molar-refractivity contribution is -0.107. The van der Waals surface area contributed by atoms with Crippen molar-refractivity contribution >= 4 is 34.8 Å². The summed E-state index contributed by atoms with van der Waals surface area (Å²) in [5, 5.41) is 3.34. The van der Waals surface area contributed by atoms with Crippen LogP contribution in [0.4, 0.5) is 28.4 Å². The fourth-order valence-corrected chi connectivity index (χ4v) is 3.78. The molecule has 8 heteroatoms. The summed E-state index contributed by atoms with van der Waals surface area (Å²) in [6.45, 7) is 0.832. The van der Waals surface area contributed by atoms with Crippen molar-refractivity contribution in [2.45, 2.75) is 13.2 Å². The van der Waals surface area contributed by atoms with Gasteiger partial charge in [0.05, 0.1) is 11.4 Å². The number of aromatic nitrogens is 1. The van der Waals surface area contributed by atoms with Gasteiger partial charge < -0.3 is 25.6 Å². The Morgan fingerprint density at radius 3 is 2.22 bits per heavy atom. The SMILES string of the molecule is CN(C=O)c1cc(Nc2ccc(CN)cc2)ccc1N(C)c1ccc(OCc2ccccc2)[nH]c1=O. The van der Waals surface area contributed by atoms with Gasteiger partial charge in [-0.1, -0.05) is 42.5 Å². The third-order valence-corrected chi connectivity index (χ3v) is 5.81. The summed E-state index contributed by atoms with van der Waals surface area (Å²) in [4.78, 5) is 30.5. The molecule has 3 aromatic carbocycles. The van der Waals surface area contributed by atoms with Crippen molar-refractivity contribution in [3.05, 3.63) is 106 Å². The number of benzene rings is 3. The molecule has 1 aromatic heterocycles. The summed E-state index contributed by atoms with van der Waals surface area (Å²) in [5.74, 6) is 0.381. The van der Waals surface area contributed by atoms with Crippen LogP contribution in [0.3, 0.4) is 0 Å². The molecular formula is C28H29N5O3. The molecule has 1 amide bonds. The van der Waals surface area contributed by atoms with E-state index in [1.807, 2.05) is 72.8 Å². The molecule has 1 heterocycles. The van der Waals surface area contributed by atoms with Crippen LogP contribution < -0.4 is 31.1 Å². The summed E-state index contributed by atoms with van der Waals surface area (Å²) in [7, 11) is 3.45. The van der Waals surface area contributed by atoms with Crippen molar-refractivity contribution in [2.24, 2.45) is 5.73 Å². The Kier molecular flexibility index (Phi) is 7.67. The van der Waals surface area contributed by atoms with E-state index in [0.717, 1.165) is 28.9 Å². The third-order valence-electron chi connectivity index (χ3n) is 5.81. The lowest BCUT2D eigenvalue weighted by Crippen LogP contribution is -2.24. The van der Waals surface area contributed by atoms with E-state index in [0.29, 0.717) is 36.1 Å². The first kappa shape index (κ1) is 24.6. The number of hydrogen-bond donors (Lipinski definition) is 3. The number of nitrogens with two attached hydrogens (primary N) is 1. The molecule has 0 aliphatic carbocycles. The zero-order valence-electron chi connectivity index (χ0n) is 20.3. The first-order valence-corrected chi connectivity index (χ1v) is 11.5. The van der Waals surface area contributed by atoms with Crippen LogP contribution >= 0.6 is 0 Å². The first-order chi connectivity index (χ1) is 17.5. The largest absolute Gasteiger partial charge is 0.474 e. The van der Waals surface area contributed by atoms with E-state index in [1.165, 1.54) is 4.90 Å². The van der Waals surface area contributed by atoms with E-state index >= 15 is 0 Å². The minimum absolute atomic E-state index is 0.301. The molecule has 0 bridgehead atoms. The van der Waals surface area contributed by atoms with Gasteiger partial charge in [-0.3, -0.25) is 14.6 Å². The zero-order valence-corrected chi connectivity index (χ0v) is 20.3. The van der Waals surface area contributed by atoms with Crippen LogP contribution in [0, 0.1) is 0 Å². The van der Waals surface area contributed by atoms with E-state index in [9.17, 15) is 9.59 Å². The highest BCUT2D eigenvalue weighted by atomic mass is 16.5. The minimum atomic E-state index is -0.301. The Labute approximate surface area is 209 Å². The first-order valence-electron chi connectivity index (χ1n) is 11.5. The number of carbonyl (C=O) groups excluding carboxylic acids is 1. The maximum absolute atomic E-state index is 12.9. The highest BCUT2D eigenvalue weighted by Crippen LogP contribution is 2.35. The van der Waals surface area contributed by atoms with Crippen molar-refractivity contribution in [1.82, 2.24) is 4.98 Å². The smallest absolute Gasteiger partial charge is 0.274 e. The Morgan fingerprint density at radius 2 is 1.56 bits per heavy atom. The Morgan fingerprint density at radius 1 is 0.861 bits per heavy atom. The Bertz CT molecular complexity index is 1370. The highest BCUT2D eigenvalue weighted by Gasteiger charge is 2.16. The topological polar surface area (TPSA) is 104 Å². The number of hydrogen-bond acceptors (Lipinski definition) is 6. The molecule has 0 saturated carbocycles. The Balaban J connectivity index is 1.56. The van der Waals surface area contributed by atoms with E-state index in [4.69, 9.17) is 10.5 Å². The summed E-state index contributed by atoms with van der Waals surface area (Å²) >= 11 is 0. The summed E-state index contributed by atoms with van der Waals surface area (Å²) in [6.07, 6.45) is 0.733. The van der Waals surface area contributed by atoms with Gasteiger partial charge >= 0.3 is 0 Å². The van der Waals surface area contributed by atoms with Crippen LogP contribution in [-0.2, 0) is 17.9 Å². The number of ether oxygens (including phenoxy) is 1. The number of pyridine rings is 1. The number of nitrogens with one attached hydrogen (secondary N) is 2. The lowest BCUT2D eigenvalue weighted by atomic mass is 10.1. The molecule has 0 atom stereocenters. The molecule has 0 unspecified atom stereocenters. The van der Waals surface area contributed by atoms with Crippen LogP contribution in [0.2, 0.25) is 0 Å².